The maximum Gasteiger partial charge on any atom is 0.0704 e. The number of aromatic nitrogens is 3. The van der Waals surface area contributed by atoms with E-state index in [9.17, 15) is 0 Å². The van der Waals surface area contributed by atoms with Crippen LogP contribution in [0.25, 0.3) is 101 Å². The molecule has 3 aromatic heterocycles. The molecule has 10 aromatic rings. The summed E-state index contributed by atoms with van der Waals surface area (Å²) in [7, 11) is 0. The largest absolute Gasteiger partial charge is 0.256 e. The van der Waals surface area contributed by atoms with E-state index in [0.717, 1.165) is 67.2 Å². The predicted molar refractivity (Wildman–Crippen MR) is 311 cm³/mol. The van der Waals surface area contributed by atoms with Gasteiger partial charge in [-0.15, -0.1) is 0 Å². The molecule has 0 spiro atoms. The Labute approximate surface area is 435 Å². The molecule has 0 aliphatic heterocycles. The quantitative estimate of drug-likeness (QED) is 0.135. The predicted octanol–water partition coefficient (Wildman–Crippen LogP) is 18.4. The van der Waals surface area contributed by atoms with E-state index in [-0.39, 0.29) is 24.7 Å². The summed E-state index contributed by atoms with van der Waals surface area (Å²) in [5, 5.41) is 0. The van der Waals surface area contributed by atoms with Gasteiger partial charge in [-0.3, -0.25) is 15.0 Å². The van der Waals surface area contributed by atoms with Crippen molar-refractivity contribution in [2.24, 2.45) is 0 Å². The van der Waals surface area contributed by atoms with E-state index in [1.54, 1.807) is 0 Å². The van der Waals surface area contributed by atoms with Crippen molar-refractivity contribution in [1.82, 2.24) is 15.0 Å². The highest BCUT2D eigenvalue weighted by Crippen LogP contribution is 2.43. The summed E-state index contributed by atoms with van der Waals surface area (Å²) in [6.45, 7) is 20.2. The summed E-state index contributed by atoms with van der Waals surface area (Å²) < 4.78 is 0. The van der Waals surface area contributed by atoms with Crippen LogP contribution in [0.2, 0.25) is 0 Å². The van der Waals surface area contributed by atoms with Crippen molar-refractivity contribution in [3.05, 3.63) is 235 Å². The van der Waals surface area contributed by atoms with E-state index in [1.807, 2.05) is 18.6 Å². The average molecular weight is 945 g/mol. The van der Waals surface area contributed by atoms with Gasteiger partial charge in [0.2, 0.25) is 0 Å². The van der Waals surface area contributed by atoms with Gasteiger partial charge in [-0.2, -0.15) is 0 Å². The topological polar surface area (TPSA) is 38.7 Å². The first-order valence-electron chi connectivity index (χ1n) is 25.2. The monoisotopic (exact) mass is 945 g/mol. The van der Waals surface area contributed by atoms with Gasteiger partial charge >= 0.3 is 0 Å². The van der Waals surface area contributed by atoms with Crippen molar-refractivity contribution in [3.8, 4) is 101 Å². The number of hydrogen-bond acceptors (Lipinski definition) is 3. The Kier molecular flexibility index (Phi) is 13.9. The summed E-state index contributed by atoms with van der Waals surface area (Å²) in [4.78, 5) is 14.3. The molecule has 73 heavy (non-hydrogen) atoms. The molecule has 0 bridgehead atoms. The molecule has 7 aromatic carbocycles. The molecule has 0 amide bonds. The fourth-order valence-corrected chi connectivity index (χ4v) is 9.68. The highest BCUT2D eigenvalue weighted by molar-refractivity contribution is 5.94. The van der Waals surface area contributed by atoms with Crippen LogP contribution in [-0.4, -0.2) is 23.4 Å². The number of rotatable bonds is 9. The third-order valence-electron chi connectivity index (χ3n) is 14.0. The Balaban J connectivity index is 0.00000656. The number of pyridine rings is 3. The van der Waals surface area contributed by atoms with Crippen molar-refractivity contribution in [2.45, 2.75) is 78.6 Å². The van der Waals surface area contributed by atoms with Gasteiger partial charge < -0.3 is 0 Å². The second kappa shape index (κ2) is 20.3. The van der Waals surface area contributed by atoms with Crippen LogP contribution in [0.4, 0.5) is 0 Å². The average Bonchev–Trinajstić information content (AvgIpc) is 3.40. The van der Waals surface area contributed by atoms with Crippen molar-refractivity contribution in [1.29, 1.82) is 0 Å². The molecule has 0 aliphatic rings. The van der Waals surface area contributed by atoms with E-state index in [4.69, 9.17) is 15.0 Å². The Morgan fingerprint density at radius 3 is 0.658 bits per heavy atom. The van der Waals surface area contributed by atoms with Crippen LogP contribution in [-0.2, 0) is 16.2 Å². The third-order valence-corrected chi connectivity index (χ3v) is 14.0. The molecule has 0 unspecified atom stereocenters. The molecule has 357 valence electrons. The highest BCUT2D eigenvalue weighted by atomic mass is 14.7. The number of hydrogen-bond donors (Lipinski definition) is 0. The normalized spacial score (nSPS) is 11.8. The van der Waals surface area contributed by atoms with E-state index in [0.29, 0.717) is 0 Å². The summed E-state index contributed by atoms with van der Waals surface area (Å²) in [5.74, 6) is 0. The van der Waals surface area contributed by atoms with Gasteiger partial charge in [0.05, 0.1) is 17.1 Å². The van der Waals surface area contributed by atoms with Crippen LogP contribution in [0.5, 0.6) is 0 Å². The molecule has 0 atom stereocenters. The fraction of sp³-hybridized carbons (Fsp3) is 0.174. The lowest BCUT2D eigenvalue weighted by Gasteiger charge is -2.20. The fourth-order valence-electron chi connectivity index (χ4n) is 9.68. The second-order valence-electron chi connectivity index (χ2n) is 22.2. The summed E-state index contributed by atoms with van der Waals surface area (Å²) in [5.41, 5.74) is 24.1. The summed E-state index contributed by atoms with van der Waals surface area (Å²) in [6.07, 6.45) is 5.79. The SMILES string of the molecule is CC(C)(C)c1ccnc(-c2ccc(-c3ccccc3-c3cc(-c4ccccc4-c4ccc(-c5cc(C(C)(C)C)ccn5)cc4)cc(-c4ccccc4-c4ccc(-c5cc(C(C)(C)C)ccn5)cc4)c3)cc2)c1.[B]. The van der Waals surface area contributed by atoms with Gasteiger partial charge in [0.15, 0.2) is 0 Å². The first-order valence-corrected chi connectivity index (χ1v) is 25.2. The molecule has 3 heterocycles. The Hall–Kier alpha value is -7.95. The lowest BCUT2D eigenvalue weighted by atomic mass is 9.85. The zero-order valence-corrected chi connectivity index (χ0v) is 43.7. The second-order valence-corrected chi connectivity index (χ2v) is 22.2. The molecule has 3 radical (unpaired) electrons. The zero-order valence-electron chi connectivity index (χ0n) is 43.7. The molecule has 10 rings (SSSR count). The van der Waals surface area contributed by atoms with Gasteiger partial charge in [0, 0.05) is 43.7 Å². The molecule has 0 saturated carbocycles. The van der Waals surface area contributed by atoms with Gasteiger partial charge in [-0.05, 0) is 154 Å². The molecule has 4 heteroatoms. The molecule has 0 N–H and O–H groups in total. The Morgan fingerprint density at radius 1 is 0.233 bits per heavy atom. The molecular formula is C69H63BN3. The molecule has 0 aliphatic carbocycles. The molecule has 0 fully saturated rings. The van der Waals surface area contributed by atoms with Crippen LogP contribution in [0.15, 0.2) is 219 Å². The van der Waals surface area contributed by atoms with Crippen LogP contribution in [0.1, 0.15) is 79.0 Å². The zero-order chi connectivity index (χ0) is 50.2. The van der Waals surface area contributed by atoms with Crippen LogP contribution in [0, 0.1) is 0 Å². The van der Waals surface area contributed by atoms with Gasteiger partial charge in [-0.25, -0.2) is 0 Å². The minimum absolute atomic E-state index is 0. The maximum absolute atomic E-state index is 4.78. The summed E-state index contributed by atoms with van der Waals surface area (Å²) in [6, 6.07) is 73.3. The molecule has 0 saturated heterocycles. The first-order chi connectivity index (χ1) is 34.6. The lowest BCUT2D eigenvalue weighted by molar-refractivity contribution is 0.589. The van der Waals surface area contributed by atoms with Crippen LogP contribution < -0.4 is 0 Å². The van der Waals surface area contributed by atoms with Gasteiger partial charge in [0.1, 0.15) is 0 Å². The van der Waals surface area contributed by atoms with E-state index < -0.39 is 0 Å². The van der Waals surface area contributed by atoms with Crippen molar-refractivity contribution < 1.29 is 0 Å². The van der Waals surface area contributed by atoms with Crippen LogP contribution in [0.3, 0.4) is 0 Å². The van der Waals surface area contributed by atoms with Crippen molar-refractivity contribution in [3.63, 3.8) is 0 Å². The minimum atomic E-state index is 0. The van der Waals surface area contributed by atoms with Crippen molar-refractivity contribution >= 4 is 8.41 Å². The number of nitrogens with zero attached hydrogens (tertiary/aromatic N) is 3. The van der Waals surface area contributed by atoms with E-state index in [2.05, 4.69) is 263 Å². The number of benzene rings is 7. The summed E-state index contributed by atoms with van der Waals surface area (Å²) >= 11 is 0. The van der Waals surface area contributed by atoms with Crippen molar-refractivity contribution in [2.75, 3.05) is 0 Å². The van der Waals surface area contributed by atoms with Crippen LogP contribution >= 0.6 is 0 Å². The molecular weight excluding hydrogens is 882 g/mol. The lowest BCUT2D eigenvalue weighted by Crippen LogP contribution is -2.11. The Bertz CT molecular complexity index is 3160. The van der Waals surface area contributed by atoms with Gasteiger partial charge in [-0.1, -0.05) is 208 Å². The third kappa shape index (κ3) is 10.8. The highest BCUT2D eigenvalue weighted by Gasteiger charge is 2.20. The van der Waals surface area contributed by atoms with E-state index >= 15 is 0 Å². The minimum Gasteiger partial charge on any atom is -0.256 e. The van der Waals surface area contributed by atoms with Gasteiger partial charge in [0.25, 0.3) is 0 Å². The smallest absolute Gasteiger partial charge is 0.0704 e. The van der Waals surface area contributed by atoms with E-state index in [1.165, 1.54) is 50.1 Å². The maximum atomic E-state index is 4.78. The standard InChI is InChI=1S/C69H63N3.B/c1-67(2,3)55-34-37-70-64(43-55)49-28-22-46(23-29-49)58-16-10-13-19-61(58)52-40-53(62-20-14-11-17-59(62)47-24-30-50(31-25-47)65-44-56(35-38-71-65)68(4,5)6)42-54(41-52)63-21-15-12-18-60(63)48-26-32-51(33-27-48)66-45-57(36-39-72-66)69(7,8)9;/h10-45H,1-9H3;. The molecule has 3 nitrogen and oxygen atoms in total. The first kappa shape index (κ1) is 50.0. The Morgan fingerprint density at radius 2 is 0.438 bits per heavy atom.